The number of fused-ring (bicyclic) bond motifs is 1. The van der Waals surface area contributed by atoms with Crippen molar-refractivity contribution in [3.05, 3.63) is 101 Å². The first kappa shape index (κ1) is 25.2. The molecule has 8 heteroatoms. The van der Waals surface area contributed by atoms with Crippen molar-refractivity contribution in [3.63, 3.8) is 0 Å². The van der Waals surface area contributed by atoms with E-state index in [9.17, 15) is 14.8 Å². The van der Waals surface area contributed by atoms with Gasteiger partial charge in [-0.15, -0.1) is 0 Å². The van der Waals surface area contributed by atoms with Gasteiger partial charge in [-0.05, 0) is 66.6 Å². The zero-order valence-electron chi connectivity index (χ0n) is 21.8. The summed E-state index contributed by atoms with van der Waals surface area (Å²) in [6.07, 6.45) is 5.89. The minimum atomic E-state index is -0.759. The van der Waals surface area contributed by atoms with Crippen LogP contribution < -0.4 is 15.4 Å². The van der Waals surface area contributed by atoms with Gasteiger partial charge in [-0.2, -0.15) is 5.10 Å². The van der Waals surface area contributed by atoms with Crippen molar-refractivity contribution in [1.82, 2.24) is 15.1 Å². The monoisotopic (exact) mass is 512 g/mol. The van der Waals surface area contributed by atoms with Crippen LogP contribution in [0, 0.1) is 13.8 Å². The number of aryl methyl sites for hydroxylation is 3. The van der Waals surface area contributed by atoms with Crippen LogP contribution in [0.1, 0.15) is 53.1 Å². The number of carbonyl (C=O) groups is 2. The van der Waals surface area contributed by atoms with E-state index in [4.69, 9.17) is 0 Å². The SMILES string of the molecule is Cc1cc[n+](O)c(C)c1-c1ccc(NC(=O)C(NC(=O)c2ccnn2C)C2CCCc3ccccc32)cc1.[HH]. The van der Waals surface area contributed by atoms with Gasteiger partial charge in [-0.3, -0.25) is 19.5 Å². The van der Waals surface area contributed by atoms with Crippen molar-refractivity contribution in [1.29, 1.82) is 0 Å². The van der Waals surface area contributed by atoms with Crippen LogP contribution in [0.2, 0.25) is 0 Å². The van der Waals surface area contributed by atoms with Crippen LogP contribution in [0.25, 0.3) is 11.1 Å². The topological polar surface area (TPSA) is 100 Å². The van der Waals surface area contributed by atoms with E-state index < -0.39 is 6.04 Å². The first-order valence-corrected chi connectivity index (χ1v) is 12.8. The summed E-state index contributed by atoms with van der Waals surface area (Å²) < 4.78 is 2.61. The summed E-state index contributed by atoms with van der Waals surface area (Å²) in [5, 5.41) is 20.2. The Morgan fingerprint density at radius 3 is 2.61 bits per heavy atom. The standard InChI is InChI=1S/C30H31N5O3.H2/c1-19-16-18-35(38)20(2)27(19)22-11-13-23(14-12-22)32-30(37)28(33-29(36)26-15-17-31-34(26)3)25-10-6-8-21-7-4-5-9-24(21)25;/h4-5,7,9,11-18,25,28H,6,8,10H2,1-3H3,(H2-,32,33,36,37,38);1H/p+1. The molecule has 196 valence electrons. The summed E-state index contributed by atoms with van der Waals surface area (Å²) in [6, 6.07) is 18.4. The van der Waals surface area contributed by atoms with E-state index in [0.29, 0.717) is 11.4 Å². The van der Waals surface area contributed by atoms with E-state index in [0.717, 1.165) is 51.9 Å². The molecule has 0 saturated carbocycles. The zero-order valence-corrected chi connectivity index (χ0v) is 21.8. The van der Waals surface area contributed by atoms with E-state index in [1.807, 2.05) is 56.3 Å². The highest BCUT2D eigenvalue weighted by Crippen LogP contribution is 2.35. The fourth-order valence-electron chi connectivity index (χ4n) is 5.45. The predicted octanol–water partition coefficient (Wildman–Crippen LogP) is 4.33. The number of aromatic nitrogens is 3. The molecule has 0 spiro atoms. The molecule has 1 aliphatic carbocycles. The molecule has 38 heavy (non-hydrogen) atoms. The molecule has 2 unspecified atom stereocenters. The molecule has 0 aliphatic heterocycles. The smallest absolute Gasteiger partial charge is 0.270 e. The van der Waals surface area contributed by atoms with Gasteiger partial charge in [-0.25, -0.2) is 0 Å². The number of benzene rings is 2. The van der Waals surface area contributed by atoms with Crippen LogP contribution in [-0.4, -0.2) is 32.8 Å². The number of rotatable bonds is 6. The molecule has 2 aromatic carbocycles. The number of anilines is 1. The van der Waals surface area contributed by atoms with Gasteiger partial charge >= 0.3 is 0 Å². The molecule has 5 rings (SSSR count). The first-order valence-electron chi connectivity index (χ1n) is 12.8. The Balaban J connectivity index is 0.00000353. The summed E-state index contributed by atoms with van der Waals surface area (Å²) in [7, 11) is 1.70. The van der Waals surface area contributed by atoms with Gasteiger partial charge in [0.25, 0.3) is 5.91 Å². The maximum atomic E-state index is 13.7. The molecule has 2 amide bonds. The molecule has 0 saturated heterocycles. The molecule has 0 radical (unpaired) electrons. The van der Waals surface area contributed by atoms with Crippen LogP contribution in [0.15, 0.2) is 73.1 Å². The van der Waals surface area contributed by atoms with Gasteiger partial charge in [0.05, 0.1) is 5.56 Å². The molecule has 2 aromatic heterocycles. The maximum absolute atomic E-state index is 13.7. The number of nitrogens with one attached hydrogen (secondary N) is 2. The Hall–Kier alpha value is -4.46. The van der Waals surface area contributed by atoms with E-state index in [-0.39, 0.29) is 19.2 Å². The number of amides is 2. The Morgan fingerprint density at radius 2 is 1.87 bits per heavy atom. The maximum Gasteiger partial charge on any atom is 0.270 e. The second kappa shape index (κ2) is 10.5. The lowest BCUT2D eigenvalue weighted by molar-refractivity contribution is -0.908. The minimum Gasteiger partial charge on any atom is -0.338 e. The summed E-state index contributed by atoms with van der Waals surface area (Å²) in [6.45, 7) is 3.85. The van der Waals surface area contributed by atoms with Crippen molar-refractivity contribution in [2.75, 3.05) is 5.32 Å². The van der Waals surface area contributed by atoms with Crippen molar-refractivity contribution < 1.29 is 21.0 Å². The van der Waals surface area contributed by atoms with Crippen molar-refractivity contribution >= 4 is 17.5 Å². The number of nitrogens with zero attached hydrogens (tertiary/aromatic N) is 3. The average Bonchev–Trinajstić information content (AvgIpc) is 3.36. The van der Waals surface area contributed by atoms with Crippen LogP contribution in [-0.2, 0) is 18.3 Å². The third kappa shape index (κ3) is 4.89. The number of hydrogen-bond acceptors (Lipinski definition) is 4. The number of hydrogen-bond donors (Lipinski definition) is 3. The molecular formula is C30H34N5O3+. The molecule has 1 aliphatic rings. The van der Waals surface area contributed by atoms with E-state index in [1.54, 1.807) is 25.5 Å². The zero-order chi connectivity index (χ0) is 26.8. The third-order valence-electron chi connectivity index (χ3n) is 7.45. The first-order chi connectivity index (χ1) is 18.3. The van der Waals surface area contributed by atoms with Gasteiger partial charge in [0, 0.05) is 44.0 Å². The molecule has 3 N–H and O–H groups in total. The molecule has 2 heterocycles. The average molecular weight is 513 g/mol. The third-order valence-corrected chi connectivity index (χ3v) is 7.45. The minimum absolute atomic E-state index is 0. The summed E-state index contributed by atoms with van der Waals surface area (Å²) in [5.41, 5.74) is 6.99. The largest absolute Gasteiger partial charge is 0.338 e. The second-order valence-corrected chi connectivity index (χ2v) is 9.86. The number of carbonyl (C=O) groups excluding carboxylic acids is 2. The van der Waals surface area contributed by atoms with Crippen molar-refractivity contribution in [3.8, 4) is 11.1 Å². The number of pyridine rings is 1. The van der Waals surface area contributed by atoms with Gasteiger partial charge in [-0.1, -0.05) is 36.4 Å². The fraction of sp³-hybridized carbons (Fsp3) is 0.267. The highest BCUT2D eigenvalue weighted by atomic mass is 16.5. The Bertz CT molecular complexity index is 1500. The molecular weight excluding hydrogens is 478 g/mol. The van der Waals surface area contributed by atoms with E-state index >= 15 is 0 Å². The summed E-state index contributed by atoms with van der Waals surface area (Å²) in [5.74, 6) is -0.753. The van der Waals surface area contributed by atoms with Gasteiger partial charge in [0.2, 0.25) is 17.8 Å². The van der Waals surface area contributed by atoms with Crippen molar-refractivity contribution in [2.24, 2.45) is 7.05 Å². The Kier molecular flexibility index (Phi) is 6.96. The summed E-state index contributed by atoms with van der Waals surface area (Å²) in [4.78, 5) is 26.9. The van der Waals surface area contributed by atoms with Crippen LogP contribution in [0.3, 0.4) is 0 Å². The van der Waals surface area contributed by atoms with Gasteiger partial charge in [0.15, 0.2) is 0 Å². The van der Waals surface area contributed by atoms with Gasteiger partial charge in [0.1, 0.15) is 11.7 Å². The lowest BCUT2D eigenvalue weighted by Crippen LogP contribution is -2.48. The lowest BCUT2D eigenvalue weighted by Gasteiger charge is -2.32. The Morgan fingerprint density at radius 1 is 1.11 bits per heavy atom. The normalized spacial score (nSPS) is 15.4. The molecule has 0 bridgehead atoms. The quantitative estimate of drug-likeness (QED) is 0.264. The molecule has 4 aromatic rings. The van der Waals surface area contributed by atoms with Crippen LogP contribution >= 0.6 is 0 Å². The van der Waals surface area contributed by atoms with Crippen LogP contribution in [0.5, 0.6) is 0 Å². The Labute approximate surface area is 223 Å². The highest BCUT2D eigenvalue weighted by molar-refractivity contribution is 6.01. The van der Waals surface area contributed by atoms with Gasteiger partial charge < -0.3 is 10.6 Å². The molecule has 2 atom stereocenters. The highest BCUT2D eigenvalue weighted by Gasteiger charge is 2.34. The lowest BCUT2D eigenvalue weighted by atomic mass is 9.78. The van der Waals surface area contributed by atoms with Crippen LogP contribution in [0.4, 0.5) is 5.69 Å². The molecule has 0 fully saturated rings. The van der Waals surface area contributed by atoms with E-state index in [2.05, 4.69) is 27.9 Å². The fourth-order valence-corrected chi connectivity index (χ4v) is 5.45. The van der Waals surface area contributed by atoms with Crippen molar-refractivity contribution in [2.45, 2.75) is 45.1 Å². The second-order valence-electron chi connectivity index (χ2n) is 9.86. The predicted molar refractivity (Wildman–Crippen MR) is 146 cm³/mol. The summed E-state index contributed by atoms with van der Waals surface area (Å²) >= 11 is 0. The van der Waals surface area contributed by atoms with E-state index in [1.165, 1.54) is 10.2 Å². The molecule has 8 nitrogen and oxygen atoms in total.